The summed E-state index contributed by atoms with van der Waals surface area (Å²) in [5.41, 5.74) is -1.78. The normalized spacial score (nSPS) is 21.9. The Bertz CT molecular complexity index is 924. The molecule has 2 atom stereocenters. The second kappa shape index (κ2) is 9.47. The zero-order valence-electron chi connectivity index (χ0n) is 17.3. The molecule has 2 heterocycles. The van der Waals surface area contributed by atoms with Gasteiger partial charge in [0.05, 0.1) is 17.5 Å². The van der Waals surface area contributed by atoms with Crippen molar-refractivity contribution in [2.45, 2.75) is 44.6 Å². The van der Waals surface area contributed by atoms with E-state index in [4.69, 9.17) is 9.57 Å². The number of benzene rings is 1. The maximum absolute atomic E-state index is 13.5. The van der Waals surface area contributed by atoms with Crippen LogP contribution in [0, 0.1) is 0 Å². The molecule has 0 spiro atoms. The number of carbonyl (C=O) groups excluding carboxylic acids is 1. The van der Waals surface area contributed by atoms with Gasteiger partial charge in [-0.3, -0.25) is 14.7 Å². The molecule has 166 valence electrons. The molecule has 1 aromatic carbocycles. The number of oxime groups is 1. The molecule has 0 radical (unpaired) electrons. The predicted octanol–water partition coefficient (Wildman–Crippen LogP) is 4.43. The maximum Gasteiger partial charge on any atom is 0.416 e. The number of fused-ring (bicyclic) bond motifs is 1. The summed E-state index contributed by atoms with van der Waals surface area (Å²) in [6.45, 7) is 4.04. The van der Waals surface area contributed by atoms with Crippen LogP contribution in [0.4, 0.5) is 13.2 Å². The van der Waals surface area contributed by atoms with Gasteiger partial charge in [0.25, 0.3) is 0 Å². The molecule has 3 rings (SSSR count). The molecule has 0 saturated heterocycles. The summed E-state index contributed by atoms with van der Waals surface area (Å²) in [5, 5.41) is 3.85. The Morgan fingerprint density at radius 2 is 2.16 bits per heavy atom. The van der Waals surface area contributed by atoms with Gasteiger partial charge in [-0.15, -0.1) is 0 Å². The number of hydrogen-bond acceptors (Lipinski definition) is 5. The van der Waals surface area contributed by atoms with Crippen molar-refractivity contribution < 1.29 is 27.5 Å². The van der Waals surface area contributed by atoms with Gasteiger partial charge in [-0.1, -0.05) is 29.4 Å². The number of amidine groups is 1. The number of amides is 1. The van der Waals surface area contributed by atoms with Crippen LogP contribution >= 0.6 is 0 Å². The minimum atomic E-state index is -4.51. The van der Waals surface area contributed by atoms with Gasteiger partial charge in [-0.25, -0.2) is 0 Å². The number of halogens is 3. The molecule has 1 aromatic rings. The lowest BCUT2D eigenvalue weighted by Crippen LogP contribution is -2.53. The number of aliphatic imine (C=N–C) groups is 1. The molecule has 0 aliphatic carbocycles. The first-order valence-corrected chi connectivity index (χ1v) is 9.98. The molecule has 0 bridgehead atoms. The number of hydrogen-bond donors (Lipinski definition) is 0. The monoisotopic (exact) mass is 435 g/mol. The van der Waals surface area contributed by atoms with Crippen molar-refractivity contribution in [2.75, 3.05) is 13.2 Å². The second-order valence-corrected chi connectivity index (χ2v) is 7.17. The minimum absolute atomic E-state index is 0.0429. The molecular weight excluding hydrogens is 411 g/mol. The van der Waals surface area contributed by atoms with Gasteiger partial charge in [-0.2, -0.15) is 13.2 Å². The van der Waals surface area contributed by atoms with Crippen molar-refractivity contribution in [3.8, 4) is 0 Å². The highest BCUT2D eigenvalue weighted by Crippen LogP contribution is 2.38. The quantitative estimate of drug-likeness (QED) is 0.345. The molecule has 2 unspecified atom stereocenters. The average molecular weight is 435 g/mol. The molecule has 6 nitrogen and oxygen atoms in total. The van der Waals surface area contributed by atoms with Crippen LogP contribution in [0.25, 0.3) is 0 Å². The molecule has 2 aliphatic rings. The number of ether oxygens (including phenoxy) is 1. The van der Waals surface area contributed by atoms with Gasteiger partial charge in [0.15, 0.2) is 0 Å². The van der Waals surface area contributed by atoms with Crippen LogP contribution in [0.3, 0.4) is 0 Å². The SMILES string of the molecule is CCOC(C)ON=CCCC1(c2cccc(C(F)(F)F)c2)CN=C2C=CC=CN2C1=O. The van der Waals surface area contributed by atoms with Gasteiger partial charge in [0.1, 0.15) is 5.84 Å². The Kier molecular flexibility index (Phi) is 6.94. The van der Waals surface area contributed by atoms with Gasteiger partial charge in [0, 0.05) is 25.9 Å². The standard InChI is InChI=1S/C22H24F3N3O3/c1-3-30-16(2)31-27-12-7-11-21(17-8-6-9-18(14-17)22(23,24)25)15-26-19-10-4-5-13-28(19)20(21)29/h4-6,8-10,12-14,16H,3,7,11,15H2,1-2H3. The summed E-state index contributed by atoms with van der Waals surface area (Å²) in [6.07, 6.45) is 3.68. The number of carbonyl (C=O) groups is 1. The van der Waals surface area contributed by atoms with Gasteiger partial charge in [-0.05, 0) is 43.5 Å². The number of nitrogens with zero attached hydrogens (tertiary/aromatic N) is 3. The Morgan fingerprint density at radius 1 is 1.35 bits per heavy atom. The van der Waals surface area contributed by atoms with Crippen molar-refractivity contribution >= 4 is 18.0 Å². The van der Waals surface area contributed by atoms with Crippen LogP contribution in [-0.4, -0.2) is 42.3 Å². The lowest BCUT2D eigenvalue weighted by Gasteiger charge is -2.39. The van der Waals surface area contributed by atoms with Gasteiger partial charge < -0.3 is 9.57 Å². The van der Waals surface area contributed by atoms with Crippen LogP contribution in [0.2, 0.25) is 0 Å². The first-order valence-electron chi connectivity index (χ1n) is 9.98. The fourth-order valence-electron chi connectivity index (χ4n) is 3.54. The first kappa shape index (κ1) is 22.7. The lowest BCUT2D eigenvalue weighted by atomic mass is 9.74. The minimum Gasteiger partial charge on any atom is -0.364 e. The summed E-state index contributed by atoms with van der Waals surface area (Å²) in [4.78, 5) is 24.5. The van der Waals surface area contributed by atoms with E-state index in [2.05, 4.69) is 10.1 Å². The molecule has 9 heteroatoms. The largest absolute Gasteiger partial charge is 0.416 e. The van der Waals surface area contributed by atoms with Crippen LogP contribution < -0.4 is 0 Å². The van der Waals surface area contributed by atoms with E-state index in [1.165, 1.54) is 17.2 Å². The molecule has 0 aromatic heterocycles. The molecule has 2 aliphatic heterocycles. The van der Waals surface area contributed by atoms with Crippen molar-refractivity contribution in [3.63, 3.8) is 0 Å². The lowest BCUT2D eigenvalue weighted by molar-refractivity contribution is -0.138. The van der Waals surface area contributed by atoms with Crippen LogP contribution in [0.1, 0.15) is 37.8 Å². The predicted molar refractivity (Wildman–Crippen MR) is 110 cm³/mol. The topological polar surface area (TPSA) is 63.5 Å². The van der Waals surface area contributed by atoms with Crippen molar-refractivity contribution in [1.29, 1.82) is 0 Å². The average Bonchev–Trinajstić information content (AvgIpc) is 2.75. The first-order chi connectivity index (χ1) is 14.8. The molecule has 0 saturated carbocycles. The summed E-state index contributed by atoms with van der Waals surface area (Å²) in [7, 11) is 0. The molecule has 0 fully saturated rings. The molecule has 31 heavy (non-hydrogen) atoms. The maximum atomic E-state index is 13.5. The van der Waals surface area contributed by atoms with Crippen molar-refractivity contribution in [1.82, 2.24) is 4.90 Å². The Morgan fingerprint density at radius 3 is 2.90 bits per heavy atom. The van der Waals surface area contributed by atoms with Crippen molar-refractivity contribution in [2.24, 2.45) is 10.1 Å². The van der Waals surface area contributed by atoms with E-state index in [1.54, 1.807) is 37.4 Å². The van der Waals surface area contributed by atoms with E-state index in [1.807, 2.05) is 6.92 Å². The van der Waals surface area contributed by atoms with E-state index in [-0.39, 0.29) is 24.4 Å². The Hall–Kier alpha value is -2.94. The second-order valence-electron chi connectivity index (χ2n) is 7.17. The summed E-state index contributed by atoms with van der Waals surface area (Å²) in [6, 6.07) is 4.89. The van der Waals surface area contributed by atoms with Gasteiger partial charge in [0.2, 0.25) is 12.2 Å². The molecular formula is C22H24F3N3O3. The Labute approximate surface area is 178 Å². The molecule has 1 amide bonds. The summed E-state index contributed by atoms with van der Waals surface area (Å²) in [5.74, 6) is 0.145. The zero-order chi connectivity index (χ0) is 22.5. The van der Waals surface area contributed by atoms with E-state index in [9.17, 15) is 18.0 Å². The fraction of sp³-hybridized carbons (Fsp3) is 0.409. The van der Waals surface area contributed by atoms with E-state index in [0.717, 1.165) is 12.1 Å². The smallest absolute Gasteiger partial charge is 0.364 e. The van der Waals surface area contributed by atoms with Crippen LogP contribution in [0.15, 0.2) is 58.8 Å². The fourth-order valence-corrected chi connectivity index (χ4v) is 3.54. The highest BCUT2D eigenvalue weighted by molar-refractivity contribution is 6.11. The van der Waals surface area contributed by atoms with Gasteiger partial charge >= 0.3 is 6.18 Å². The number of alkyl halides is 3. The van der Waals surface area contributed by atoms with Crippen LogP contribution in [-0.2, 0) is 26.0 Å². The van der Waals surface area contributed by atoms with E-state index in [0.29, 0.717) is 18.9 Å². The highest BCUT2D eigenvalue weighted by atomic mass is 19.4. The van der Waals surface area contributed by atoms with E-state index >= 15 is 0 Å². The summed E-state index contributed by atoms with van der Waals surface area (Å²) >= 11 is 0. The van der Waals surface area contributed by atoms with Crippen molar-refractivity contribution in [3.05, 3.63) is 59.8 Å². The summed E-state index contributed by atoms with van der Waals surface area (Å²) < 4.78 is 45.2. The van der Waals surface area contributed by atoms with E-state index < -0.39 is 23.4 Å². The third-order valence-electron chi connectivity index (χ3n) is 5.11. The van der Waals surface area contributed by atoms with Crippen LogP contribution in [0.5, 0.6) is 0 Å². The third-order valence-corrected chi connectivity index (χ3v) is 5.11. The number of rotatable bonds is 8. The highest BCUT2D eigenvalue weighted by Gasteiger charge is 2.46. The third kappa shape index (κ3) is 5.04. The molecule has 0 N–H and O–H groups in total. The number of allylic oxidation sites excluding steroid dienone is 2. The Balaban J connectivity index is 1.90. The zero-order valence-corrected chi connectivity index (χ0v) is 17.3.